The SMILES string of the molecule is CC(C)c1ccccc1Sc1ccc(C2CC2C(=O)NCCCN2CCCC2=O)c(C(=O)O)n1. The van der Waals surface area contributed by atoms with Crippen molar-refractivity contribution < 1.29 is 19.5 Å². The number of nitrogens with zero attached hydrogens (tertiary/aromatic N) is 2. The second kappa shape index (κ2) is 10.6. The maximum absolute atomic E-state index is 12.6. The van der Waals surface area contributed by atoms with Crippen molar-refractivity contribution in [3.05, 3.63) is 53.2 Å². The first kappa shape index (κ1) is 24.3. The highest BCUT2D eigenvalue weighted by Crippen LogP contribution is 2.49. The fraction of sp³-hybridized carbons (Fsp3) is 0.462. The second-order valence-electron chi connectivity index (χ2n) is 9.26. The van der Waals surface area contributed by atoms with E-state index in [1.165, 1.54) is 17.3 Å². The molecule has 2 aromatic rings. The van der Waals surface area contributed by atoms with Crippen molar-refractivity contribution in [2.24, 2.45) is 5.92 Å². The van der Waals surface area contributed by atoms with E-state index in [9.17, 15) is 19.5 Å². The zero-order chi connectivity index (χ0) is 24.2. The van der Waals surface area contributed by atoms with Gasteiger partial charge in [0, 0.05) is 36.9 Å². The summed E-state index contributed by atoms with van der Waals surface area (Å²) < 4.78 is 0. The Kier molecular flexibility index (Phi) is 7.56. The summed E-state index contributed by atoms with van der Waals surface area (Å²) in [6.45, 7) is 6.24. The summed E-state index contributed by atoms with van der Waals surface area (Å²) in [6.07, 6.45) is 2.88. The fourth-order valence-corrected chi connectivity index (χ4v) is 5.59. The molecule has 180 valence electrons. The normalized spacial score (nSPS) is 19.5. The quantitative estimate of drug-likeness (QED) is 0.491. The van der Waals surface area contributed by atoms with Gasteiger partial charge in [0.25, 0.3) is 0 Å². The maximum atomic E-state index is 12.6. The zero-order valence-electron chi connectivity index (χ0n) is 19.6. The zero-order valence-corrected chi connectivity index (χ0v) is 20.4. The van der Waals surface area contributed by atoms with E-state index in [1.54, 1.807) is 0 Å². The third-order valence-electron chi connectivity index (χ3n) is 6.46. The van der Waals surface area contributed by atoms with Crippen LogP contribution in [0.4, 0.5) is 0 Å². The Balaban J connectivity index is 1.36. The first-order valence-corrected chi connectivity index (χ1v) is 12.7. The molecular formula is C26H31N3O4S. The predicted molar refractivity (Wildman–Crippen MR) is 130 cm³/mol. The first-order valence-electron chi connectivity index (χ1n) is 11.9. The van der Waals surface area contributed by atoms with E-state index in [1.807, 2.05) is 35.2 Å². The number of amides is 2. The monoisotopic (exact) mass is 481 g/mol. The molecule has 1 aliphatic carbocycles. The van der Waals surface area contributed by atoms with Gasteiger partial charge in [-0.25, -0.2) is 9.78 Å². The topological polar surface area (TPSA) is 99.6 Å². The van der Waals surface area contributed by atoms with Gasteiger partial charge in [-0.1, -0.05) is 49.9 Å². The Morgan fingerprint density at radius 3 is 2.74 bits per heavy atom. The number of aromatic nitrogens is 1. The highest BCUT2D eigenvalue weighted by molar-refractivity contribution is 7.99. The number of carboxylic acid groups (broad SMARTS) is 1. The molecule has 34 heavy (non-hydrogen) atoms. The van der Waals surface area contributed by atoms with Gasteiger partial charge in [-0.05, 0) is 54.4 Å². The van der Waals surface area contributed by atoms with Crippen molar-refractivity contribution in [3.63, 3.8) is 0 Å². The summed E-state index contributed by atoms with van der Waals surface area (Å²) in [5.74, 6) is -0.941. The van der Waals surface area contributed by atoms with Crippen LogP contribution in [0.1, 0.15) is 73.0 Å². The second-order valence-corrected chi connectivity index (χ2v) is 10.3. The van der Waals surface area contributed by atoms with Crippen molar-refractivity contribution in [2.75, 3.05) is 19.6 Å². The molecule has 1 aliphatic heterocycles. The molecule has 4 rings (SSSR count). The molecule has 0 bridgehead atoms. The molecule has 8 heteroatoms. The van der Waals surface area contributed by atoms with E-state index in [0.717, 1.165) is 24.3 Å². The summed E-state index contributed by atoms with van der Waals surface area (Å²) in [4.78, 5) is 43.6. The van der Waals surface area contributed by atoms with Crippen LogP contribution in [0.5, 0.6) is 0 Å². The Hall–Kier alpha value is -2.87. The Labute approximate surface area is 204 Å². The number of hydrogen-bond acceptors (Lipinski definition) is 5. The van der Waals surface area contributed by atoms with Gasteiger partial charge in [-0.2, -0.15) is 0 Å². The molecule has 2 unspecified atom stereocenters. The molecule has 2 N–H and O–H groups in total. The highest BCUT2D eigenvalue weighted by atomic mass is 32.2. The first-order chi connectivity index (χ1) is 16.3. The summed E-state index contributed by atoms with van der Waals surface area (Å²) in [6, 6.07) is 11.7. The number of rotatable bonds is 10. The molecule has 1 saturated heterocycles. The lowest BCUT2D eigenvalue weighted by atomic mass is 10.0. The van der Waals surface area contributed by atoms with E-state index < -0.39 is 5.97 Å². The maximum Gasteiger partial charge on any atom is 0.354 e. The van der Waals surface area contributed by atoms with Gasteiger partial charge in [0.2, 0.25) is 11.8 Å². The Bertz CT molecular complexity index is 1090. The molecule has 2 fully saturated rings. The number of pyridine rings is 1. The van der Waals surface area contributed by atoms with Crippen molar-refractivity contribution in [1.29, 1.82) is 0 Å². The lowest BCUT2D eigenvalue weighted by Gasteiger charge is -2.15. The predicted octanol–water partition coefficient (Wildman–Crippen LogP) is 4.29. The van der Waals surface area contributed by atoms with Crippen LogP contribution in [-0.4, -0.2) is 52.4 Å². The molecule has 1 aromatic heterocycles. The number of benzene rings is 1. The Morgan fingerprint density at radius 2 is 2.03 bits per heavy atom. The number of carbonyl (C=O) groups is 3. The molecular weight excluding hydrogens is 450 g/mol. The van der Waals surface area contributed by atoms with E-state index >= 15 is 0 Å². The standard InChI is InChI=1S/C26H31N3O4S/c1-16(2)17-7-3-4-8-21(17)34-22-11-10-18(24(28-22)26(32)33)19-15-20(19)25(31)27-12-6-14-29-13-5-9-23(29)30/h3-4,7-8,10-11,16,19-20H,5-6,9,12-15H2,1-2H3,(H,27,31)(H,32,33). The average molecular weight is 482 g/mol. The van der Waals surface area contributed by atoms with Gasteiger partial charge in [-0.15, -0.1) is 0 Å². The van der Waals surface area contributed by atoms with Crippen LogP contribution in [-0.2, 0) is 9.59 Å². The van der Waals surface area contributed by atoms with E-state index in [0.29, 0.717) is 42.4 Å². The molecule has 2 amide bonds. The average Bonchev–Trinajstić information content (AvgIpc) is 3.51. The number of likely N-dealkylation sites (tertiary alicyclic amines) is 1. The van der Waals surface area contributed by atoms with Crippen molar-refractivity contribution in [3.8, 4) is 0 Å². The summed E-state index contributed by atoms with van der Waals surface area (Å²) >= 11 is 1.46. The van der Waals surface area contributed by atoms with Gasteiger partial charge in [-0.3, -0.25) is 9.59 Å². The third-order valence-corrected chi connectivity index (χ3v) is 7.49. The van der Waals surface area contributed by atoms with Crippen LogP contribution < -0.4 is 5.32 Å². The minimum atomic E-state index is -1.07. The number of hydrogen-bond donors (Lipinski definition) is 2. The Morgan fingerprint density at radius 1 is 1.24 bits per heavy atom. The third kappa shape index (κ3) is 5.60. The van der Waals surface area contributed by atoms with Crippen LogP contribution in [0.2, 0.25) is 0 Å². The molecule has 2 heterocycles. The summed E-state index contributed by atoms with van der Waals surface area (Å²) in [5.41, 5.74) is 1.85. The number of carboxylic acids is 1. The molecule has 2 aliphatic rings. The molecule has 1 saturated carbocycles. The van der Waals surface area contributed by atoms with Crippen molar-refractivity contribution in [1.82, 2.24) is 15.2 Å². The van der Waals surface area contributed by atoms with Gasteiger partial charge < -0.3 is 15.3 Å². The molecule has 2 atom stereocenters. The van der Waals surface area contributed by atoms with Crippen LogP contribution in [0.25, 0.3) is 0 Å². The van der Waals surface area contributed by atoms with Crippen molar-refractivity contribution >= 4 is 29.5 Å². The largest absolute Gasteiger partial charge is 0.477 e. The summed E-state index contributed by atoms with van der Waals surface area (Å²) in [7, 11) is 0. The van der Waals surface area contributed by atoms with E-state index in [-0.39, 0.29) is 29.3 Å². The number of aromatic carboxylic acids is 1. The van der Waals surface area contributed by atoms with Gasteiger partial charge >= 0.3 is 5.97 Å². The van der Waals surface area contributed by atoms with Crippen LogP contribution in [0, 0.1) is 5.92 Å². The van der Waals surface area contributed by atoms with Crippen LogP contribution in [0.3, 0.4) is 0 Å². The van der Waals surface area contributed by atoms with Crippen LogP contribution >= 0.6 is 11.8 Å². The smallest absolute Gasteiger partial charge is 0.354 e. The molecule has 7 nitrogen and oxygen atoms in total. The highest BCUT2D eigenvalue weighted by Gasteiger charge is 2.45. The number of carbonyl (C=O) groups excluding carboxylic acids is 2. The minimum Gasteiger partial charge on any atom is -0.477 e. The van der Waals surface area contributed by atoms with Gasteiger partial charge in [0.15, 0.2) is 5.69 Å². The fourth-order valence-electron chi connectivity index (χ4n) is 4.52. The summed E-state index contributed by atoms with van der Waals surface area (Å²) in [5, 5.41) is 13.4. The van der Waals surface area contributed by atoms with Crippen LogP contribution in [0.15, 0.2) is 46.3 Å². The van der Waals surface area contributed by atoms with E-state index in [2.05, 4.69) is 30.2 Å². The lowest BCUT2D eigenvalue weighted by molar-refractivity contribution is -0.127. The van der Waals surface area contributed by atoms with Crippen molar-refractivity contribution in [2.45, 2.75) is 61.3 Å². The molecule has 0 radical (unpaired) electrons. The van der Waals surface area contributed by atoms with Gasteiger partial charge in [0.1, 0.15) is 5.03 Å². The van der Waals surface area contributed by atoms with E-state index in [4.69, 9.17) is 0 Å². The van der Waals surface area contributed by atoms with Gasteiger partial charge in [0.05, 0.1) is 0 Å². The molecule has 1 aromatic carbocycles. The minimum absolute atomic E-state index is 0.0277. The number of nitrogens with one attached hydrogen (secondary N) is 1. The molecule has 0 spiro atoms. The lowest BCUT2D eigenvalue weighted by Crippen LogP contribution is -2.31.